The van der Waals surface area contributed by atoms with E-state index in [4.69, 9.17) is 10.2 Å². The van der Waals surface area contributed by atoms with E-state index in [2.05, 4.69) is 11.3 Å². The minimum absolute atomic E-state index is 0.193. The average Bonchev–Trinajstić information content (AvgIpc) is 1.88. The molecule has 0 aromatic carbocycles. The lowest BCUT2D eigenvalue weighted by molar-refractivity contribution is -0.149. The van der Waals surface area contributed by atoms with Crippen molar-refractivity contribution in [1.29, 1.82) is 0 Å². The number of aliphatic hydroxyl groups is 1. The highest BCUT2D eigenvalue weighted by Gasteiger charge is 2.11. The molecule has 4 heteroatoms. The summed E-state index contributed by atoms with van der Waals surface area (Å²) in [6.45, 7) is 3.41. The second kappa shape index (κ2) is 4.96. The molecule has 2 N–H and O–H groups in total. The van der Waals surface area contributed by atoms with Crippen molar-refractivity contribution in [1.82, 2.24) is 0 Å². The maximum Gasteiger partial charge on any atom is 0.334 e. The third kappa shape index (κ3) is 4.05. The van der Waals surface area contributed by atoms with E-state index in [1.807, 2.05) is 0 Å². The van der Waals surface area contributed by atoms with Gasteiger partial charge in [0.25, 0.3) is 0 Å². The van der Waals surface area contributed by atoms with Gasteiger partial charge in [-0.25, -0.2) is 4.79 Å². The molecule has 10 heavy (non-hydrogen) atoms. The van der Waals surface area contributed by atoms with Crippen LogP contribution in [0.1, 0.15) is 0 Å². The lowest BCUT2D eigenvalue weighted by Gasteiger charge is -2.03. The Kier molecular flexibility index (Phi) is 4.53. The smallest absolute Gasteiger partial charge is 0.334 e. The fourth-order valence-electron chi connectivity index (χ4n) is 0.334. The van der Waals surface area contributed by atoms with Gasteiger partial charge in [0.15, 0.2) is 6.10 Å². The molecule has 1 atom stereocenters. The second-order valence-corrected chi connectivity index (χ2v) is 1.68. The van der Waals surface area contributed by atoms with Gasteiger partial charge >= 0.3 is 5.97 Å². The quantitative estimate of drug-likeness (QED) is 0.410. The molecule has 0 heterocycles. The molecule has 0 aliphatic heterocycles. The summed E-state index contributed by atoms with van der Waals surface area (Å²) in [5.74, 6) is -1.27. The Balaban J connectivity index is 3.30. The van der Waals surface area contributed by atoms with E-state index in [-0.39, 0.29) is 13.2 Å². The molecule has 0 spiro atoms. The van der Waals surface area contributed by atoms with Crippen molar-refractivity contribution >= 4 is 5.97 Å². The number of carboxylic acid groups (broad SMARTS) is 1. The number of carbonyl (C=O) groups is 1. The van der Waals surface area contributed by atoms with Crippen LogP contribution in [-0.4, -0.2) is 35.5 Å². The van der Waals surface area contributed by atoms with Gasteiger partial charge in [-0.2, -0.15) is 0 Å². The monoisotopic (exact) mass is 146 g/mol. The summed E-state index contributed by atoms with van der Waals surface area (Å²) in [5, 5.41) is 16.7. The zero-order chi connectivity index (χ0) is 7.98. The first-order valence-electron chi connectivity index (χ1n) is 2.78. The summed E-state index contributed by atoms with van der Waals surface area (Å²) in [4.78, 5) is 9.94. The Morgan fingerprint density at radius 2 is 2.40 bits per heavy atom. The standard InChI is InChI=1S/C6H10O4/c1-2-3-10-4-5(7)6(8)9/h2,5,7H,1,3-4H2,(H,8,9). The zero-order valence-corrected chi connectivity index (χ0v) is 5.49. The molecule has 0 saturated heterocycles. The van der Waals surface area contributed by atoms with Crippen LogP contribution in [0.2, 0.25) is 0 Å². The Labute approximate surface area is 58.7 Å². The van der Waals surface area contributed by atoms with Gasteiger partial charge in [-0.15, -0.1) is 6.58 Å². The molecule has 58 valence electrons. The molecule has 0 rings (SSSR count). The molecule has 0 radical (unpaired) electrons. The van der Waals surface area contributed by atoms with Crippen molar-refractivity contribution in [3.63, 3.8) is 0 Å². The number of aliphatic carboxylic acids is 1. The molecule has 0 fully saturated rings. The van der Waals surface area contributed by atoms with Crippen LogP contribution in [0, 0.1) is 0 Å². The first kappa shape index (κ1) is 9.13. The van der Waals surface area contributed by atoms with Crippen molar-refractivity contribution in [3.05, 3.63) is 12.7 Å². The summed E-state index contributed by atoms with van der Waals surface area (Å²) in [5.41, 5.74) is 0. The van der Waals surface area contributed by atoms with Crippen molar-refractivity contribution in [2.45, 2.75) is 6.10 Å². The van der Waals surface area contributed by atoms with Crippen LogP contribution in [0.5, 0.6) is 0 Å². The van der Waals surface area contributed by atoms with Gasteiger partial charge in [-0.05, 0) is 0 Å². The van der Waals surface area contributed by atoms with Gasteiger partial charge in [-0.1, -0.05) is 6.08 Å². The molecule has 0 saturated carbocycles. The first-order chi connectivity index (χ1) is 4.68. The molecule has 4 nitrogen and oxygen atoms in total. The average molecular weight is 146 g/mol. The van der Waals surface area contributed by atoms with E-state index in [1.165, 1.54) is 6.08 Å². The van der Waals surface area contributed by atoms with Crippen LogP contribution >= 0.6 is 0 Å². The second-order valence-electron chi connectivity index (χ2n) is 1.68. The van der Waals surface area contributed by atoms with E-state index >= 15 is 0 Å². The largest absolute Gasteiger partial charge is 0.479 e. The van der Waals surface area contributed by atoms with Crippen LogP contribution in [0.4, 0.5) is 0 Å². The SMILES string of the molecule is C=CCOCC(O)C(=O)O. The Bertz CT molecular complexity index is 121. The molecular weight excluding hydrogens is 136 g/mol. The predicted molar refractivity (Wildman–Crippen MR) is 34.7 cm³/mol. The van der Waals surface area contributed by atoms with E-state index in [9.17, 15) is 4.79 Å². The Hall–Kier alpha value is -0.870. The van der Waals surface area contributed by atoms with Gasteiger partial charge in [-0.3, -0.25) is 0 Å². The molecule has 0 aliphatic carbocycles. The number of carboxylic acids is 1. The van der Waals surface area contributed by atoms with Crippen molar-refractivity contribution in [2.24, 2.45) is 0 Å². The van der Waals surface area contributed by atoms with Crippen molar-refractivity contribution in [2.75, 3.05) is 13.2 Å². The highest BCUT2D eigenvalue weighted by molar-refractivity contribution is 5.71. The topological polar surface area (TPSA) is 66.8 Å². The van der Waals surface area contributed by atoms with Gasteiger partial charge < -0.3 is 14.9 Å². The lowest BCUT2D eigenvalue weighted by atomic mass is 10.4. The van der Waals surface area contributed by atoms with Crippen LogP contribution in [0.3, 0.4) is 0 Å². The van der Waals surface area contributed by atoms with Gasteiger partial charge in [0.2, 0.25) is 0 Å². The summed E-state index contributed by atoms with van der Waals surface area (Å²) >= 11 is 0. The molecular formula is C6H10O4. The van der Waals surface area contributed by atoms with Gasteiger partial charge in [0.05, 0.1) is 13.2 Å². The molecule has 0 aromatic heterocycles. The highest BCUT2D eigenvalue weighted by atomic mass is 16.5. The third-order valence-corrected chi connectivity index (χ3v) is 0.796. The fraction of sp³-hybridized carbons (Fsp3) is 0.500. The van der Waals surface area contributed by atoms with E-state index in [1.54, 1.807) is 0 Å². The normalized spacial score (nSPS) is 12.5. The number of rotatable bonds is 5. The van der Waals surface area contributed by atoms with Crippen molar-refractivity contribution < 1.29 is 19.7 Å². The minimum Gasteiger partial charge on any atom is -0.479 e. The first-order valence-corrected chi connectivity index (χ1v) is 2.78. The summed E-state index contributed by atoms with van der Waals surface area (Å²) in [7, 11) is 0. The van der Waals surface area contributed by atoms with E-state index in [0.29, 0.717) is 0 Å². The summed E-state index contributed by atoms with van der Waals surface area (Å²) in [6, 6.07) is 0. The predicted octanol–water partition coefficient (Wildman–Crippen LogP) is -0.365. The number of hydrogen-bond donors (Lipinski definition) is 2. The Morgan fingerprint density at radius 1 is 1.80 bits per heavy atom. The molecule has 0 aliphatic rings. The maximum atomic E-state index is 9.94. The van der Waals surface area contributed by atoms with E-state index < -0.39 is 12.1 Å². The summed E-state index contributed by atoms with van der Waals surface area (Å²) in [6.07, 6.45) is 0.0501. The fourth-order valence-corrected chi connectivity index (χ4v) is 0.334. The minimum atomic E-state index is -1.43. The van der Waals surface area contributed by atoms with Crippen molar-refractivity contribution in [3.8, 4) is 0 Å². The lowest BCUT2D eigenvalue weighted by Crippen LogP contribution is -2.25. The van der Waals surface area contributed by atoms with Crippen LogP contribution in [0.25, 0.3) is 0 Å². The van der Waals surface area contributed by atoms with Gasteiger partial charge in [0, 0.05) is 0 Å². The number of ether oxygens (including phenoxy) is 1. The molecule has 0 aromatic rings. The highest BCUT2D eigenvalue weighted by Crippen LogP contribution is 1.84. The van der Waals surface area contributed by atoms with Crippen LogP contribution in [-0.2, 0) is 9.53 Å². The molecule has 0 amide bonds. The number of hydrogen-bond acceptors (Lipinski definition) is 3. The molecule has 1 unspecified atom stereocenters. The maximum absolute atomic E-state index is 9.94. The van der Waals surface area contributed by atoms with Crippen LogP contribution in [0.15, 0.2) is 12.7 Å². The third-order valence-electron chi connectivity index (χ3n) is 0.796. The number of aliphatic hydroxyl groups excluding tert-OH is 1. The van der Waals surface area contributed by atoms with E-state index in [0.717, 1.165) is 0 Å². The summed E-state index contributed by atoms with van der Waals surface area (Å²) < 4.78 is 4.66. The zero-order valence-electron chi connectivity index (χ0n) is 5.49. The Morgan fingerprint density at radius 3 is 2.80 bits per heavy atom. The molecule has 0 bridgehead atoms. The van der Waals surface area contributed by atoms with Gasteiger partial charge in [0.1, 0.15) is 0 Å². The van der Waals surface area contributed by atoms with Crippen LogP contribution < -0.4 is 0 Å².